The Labute approximate surface area is 133 Å². The molecular weight excluding hydrogens is 304 g/mol. The molecule has 1 amide bonds. The summed E-state index contributed by atoms with van der Waals surface area (Å²) in [5.74, 6) is 0.451. The van der Waals surface area contributed by atoms with Crippen molar-refractivity contribution in [3.05, 3.63) is 41.2 Å². The normalized spacial score (nSPS) is 10.1. The number of halogens is 1. The van der Waals surface area contributed by atoms with Gasteiger partial charge in [0.05, 0.1) is 10.6 Å². The second-order valence-electron chi connectivity index (χ2n) is 4.47. The first-order chi connectivity index (χ1) is 10.6. The molecule has 0 saturated heterocycles. The Morgan fingerprint density at radius 3 is 2.73 bits per heavy atom. The predicted octanol–water partition coefficient (Wildman–Crippen LogP) is 2.29. The summed E-state index contributed by atoms with van der Waals surface area (Å²) < 4.78 is 0. The molecule has 0 unspecified atom stereocenters. The number of nitrogens with one attached hydrogen (secondary N) is 3. The topological polar surface area (TPSA) is 105 Å². The molecule has 0 aliphatic heterocycles. The van der Waals surface area contributed by atoms with Gasteiger partial charge in [-0.05, 0) is 18.6 Å². The van der Waals surface area contributed by atoms with Crippen molar-refractivity contribution < 1.29 is 4.79 Å². The van der Waals surface area contributed by atoms with Crippen molar-refractivity contribution in [1.29, 1.82) is 0 Å². The highest BCUT2D eigenvalue weighted by molar-refractivity contribution is 6.33. The van der Waals surface area contributed by atoms with Gasteiger partial charge in [0.2, 0.25) is 0 Å². The molecule has 1 heterocycles. The van der Waals surface area contributed by atoms with E-state index in [0.717, 1.165) is 13.0 Å². The van der Waals surface area contributed by atoms with Gasteiger partial charge in [-0.25, -0.2) is 9.97 Å². The number of hydrazine groups is 1. The lowest BCUT2D eigenvalue weighted by molar-refractivity contribution is 0.0962. The Morgan fingerprint density at radius 2 is 2.00 bits per heavy atom. The molecule has 0 spiro atoms. The molecule has 22 heavy (non-hydrogen) atoms. The van der Waals surface area contributed by atoms with Gasteiger partial charge in [-0.3, -0.25) is 15.6 Å². The molecule has 0 atom stereocenters. The summed E-state index contributed by atoms with van der Waals surface area (Å²) in [6, 6.07) is 6.74. The van der Waals surface area contributed by atoms with Crippen molar-refractivity contribution in [3.63, 3.8) is 0 Å². The predicted molar refractivity (Wildman–Crippen MR) is 87.8 cm³/mol. The summed E-state index contributed by atoms with van der Waals surface area (Å²) in [5.41, 5.74) is 11.8. The first-order valence-electron chi connectivity index (χ1n) is 6.78. The van der Waals surface area contributed by atoms with E-state index >= 15 is 0 Å². The molecule has 116 valence electrons. The van der Waals surface area contributed by atoms with Gasteiger partial charge in [-0.2, -0.15) is 0 Å². The lowest BCUT2D eigenvalue weighted by atomic mass is 10.2. The van der Waals surface area contributed by atoms with E-state index in [0.29, 0.717) is 27.9 Å². The molecule has 0 saturated carbocycles. The summed E-state index contributed by atoms with van der Waals surface area (Å²) in [7, 11) is 0. The molecule has 0 aliphatic carbocycles. The van der Waals surface area contributed by atoms with Crippen LogP contribution in [0.1, 0.15) is 23.7 Å². The van der Waals surface area contributed by atoms with E-state index in [9.17, 15) is 4.79 Å². The van der Waals surface area contributed by atoms with Gasteiger partial charge < -0.3 is 11.1 Å². The summed E-state index contributed by atoms with van der Waals surface area (Å²) >= 11 is 5.97. The zero-order valence-corrected chi connectivity index (χ0v) is 12.8. The number of rotatable bonds is 6. The number of carbonyl (C=O) groups is 1. The Bertz CT molecular complexity index is 664. The molecule has 0 bridgehead atoms. The fourth-order valence-electron chi connectivity index (χ4n) is 1.71. The molecule has 2 aromatic rings. The minimum Gasteiger partial charge on any atom is -0.393 e. The van der Waals surface area contributed by atoms with Gasteiger partial charge in [-0.15, -0.1) is 0 Å². The lowest BCUT2D eigenvalue weighted by Crippen LogP contribution is -2.30. The second kappa shape index (κ2) is 7.46. The van der Waals surface area contributed by atoms with Crippen molar-refractivity contribution in [2.45, 2.75) is 13.3 Å². The van der Waals surface area contributed by atoms with E-state index < -0.39 is 0 Å². The number of nitrogens with zero attached hydrogens (tertiary/aromatic N) is 2. The Hall–Kier alpha value is -2.54. The first kappa shape index (κ1) is 15.8. The number of nitrogen functional groups attached to an aromatic ring is 1. The van der Waals surface area contributed by atoms with Crippen LogP contribution in [0.15, 0.2) is 30.6 Å². The number of hydrogen-bond acceptors (Lipinski definition) is 6. The molecule has 1 aromatic heterocycles. The van der Waals surface area contributed by atoms with Crippen LogP contribution in [-0.2, 0) is 0 Å². The van der Waals surface area contributed by atoms with Crippen LogP contribution in [0.2, 0.25) is 5.02 Å². The highest BCUT2D eigenvalue weighted by Crippen LogP contribution is 2.21. The second-order valence-corrected chi connectivity index (χ2v) is 4.88. The van der Waals surface area contributed by atoms with Crippen LogP contribution in [0.3, 0.4) is 0 Å². The lowest BCUT2D eigenvalue weighted by Gasteiger charge is -2.13. The van der Waals surface area contributed by atoms with Crippen LogP contribution in [0.25, 0.3) is 0 Å². The molecule has 0 fully saturated rings. The fourth-order valence-corrected chi connectivity index (χ4v) is 1.93. The molecule has 0 radical (unpaired) electrons. The third-order valence-electron chi connectivity index (χ3n) is 2.84. The number of nitrogens with two attached hydrogens (primary N) is 1. The molecule has 1 aromatic carbocycles. The highest BCUT2D eigenvalue weighted by atomic mass is 35.5. The van der Waals surface area contributed by atoms with Crippen molar-refractivity contribution >= 4 is 34.8 Å². The summed E-state index contributed by atoms with van der Waals surface area (Å²) in [4.78, 5) is 20.1. The van der Waals surface area contributed by atoms with Crippen LogP contribution in [0.4, 0.5) is 17.3 Å². The number of carbonyl (C=O) groups excluding carboxylic acids is 1. The average Bonchev–Trinajstić information content (AvgIpc) is 2.53. The third kappa shape index (κ3) is 3.76. The molecule has 2 rings (SSSR count). The molecule has 8 heteroatoms. The summed E-state index contributed by atoms with van der Waals surface area (Å²) in [5, 5.41) is 3.45. The maximum Gasteiger partial charge on any atom is 0.271 e. The number of benzene rings is 1. The van der Waals surface area contributed by atoms with E-state index in [4.69, 9.17) is 17.3 Å². The monoisotopic (exact) mass is 320 g/mol. The van der Waals surface area contributed by atoms with E-state index in [1.165, 1.54) is 6.33 Å². The third-order valence-corrected chi connectivity index (χ3v) is 3.17. The molecular formula is C14H17ClN6O. The minimum atomic E-state index is -0.383. The van der Waals surface area contributed by atoms with Crippen molar-refractivity contribution in [2.75, 3.05) is 23.0 Å². The van der Waals surface area contributed by atoms with Gasteiger partial charge >= 0.3 is 0 Å². The smallest absolute Gasteiger partial charge is 0.271 e. The van der Waals surface area contributed by atoms with Crippen molar-refractivity contribution in [2.24, 2.45) is 0 Å². The highest BCUT2D eigenvalue weighted by Gasteiger charge is 2.11. The molecule has 7 nitrogen and oxygen atoms in total. The Kier molecular flexibility index (Phi) is 5.37. The van der Waals surface area contributed by atoms with E-state index in [-0.39, 0.29) is 5.91 Å². The Balaban J connectivity index is 2.05. The number of amides is 1. The first-order valence-corrected chi connectivity index (χ1v) is 7.16. The van der Waals surface area contributed by atoms with Crippen LogP contribution in [-0.4, -0.2) is 22.4 Å². The minimum absolute atomic E-state index is 0.314. The van der Waals surface area contributed by atoms with Gasteiger partial charge in [0.1, 0.15) is 12.0 Å². The zero-order valence-electron chi connectivity index (χ0n) is 12.1. The van der Waals surface area contributed by atoms with Crippen LogP contribution >= 0.6 is 11.6 Å². The van der Waals surface area contributed by atoms with Crippen LogP contribution in [0.5, 0.6) is 0 Å². The zero-order chi connectivity index (χ0) is 15.9. The quantitative estimate of drug-likeness (QED) is 0.609. The van der Waals surface area contributed by atoms with E-state index in [2.05, 4.69) is 26.1 Å². The van der Waals surface area contributed by atoms with Crippen LogP contribution < -0.4 is 21.9 Å². The molecule has 0 aliphatic rings. The fraction of sp³-hybridized carbons (Fsp3) is 0.214. The standard InChI is InChI=1S/C14H17ClN6O/c1-2-7-17-12-11(16)13(19-8-18-12)20-21-14(22)9-5-3-4-6-10(9)15/h3-6,8H,2,7,16H2,1H3,(H,21,22)(H2,17,18,19,20). The van der Waals surface area contributed by atoms with E-state index in [1.54, 1.807) is 24.3 Å². The Morgan fingerprint density at radius 1 is 1.27 bits per heavy atom. The number of anilines is 3. The molecule has 5 N–H and O–H groups in total. The van der Waals surface area contributed by atoms with E-state index in [1.807, 2.05) is 6.92 Å². The van der Waals surface area contributed by atoms with Crippen molar-refractivity contribution in [3.8, 4) is 0 Å². The summed E-state index contributed by atoms with van der Waals surface area (Å²) in [6.45, 7) is 2.78. The van der Waals surface area contributed by atoms with Crippen LogP contribution in [0, 0.1) is 0 Å². The maximum atomic E-state index is 12.0. The van der Waals surface area contributed by atoms with Gasteiger partial charge in [0, 0.05) is 6.54 Å². The van der Waals surface area contributed by atoms with Gasteiger partial charge in [0.15, 0.2) is 11.6 Å². The SMILES string of the molecule is CCCNc1ncnc(NNC(=O)c2ccccc2Cl)c1N. The largest absolute Gasteiger partial charge is 0.393 e. The number of aromatic nitrogens is 2. The number of hydrogen-bond donors (Lipinski definition) is 4. The maximum absolute atomic E-state index is 12.0. The average molecular weight is 321 g/mol. The summed E-state index contributed by atoms with van der Waals surface area (Å²) in [6.07, 6.45) is 2.30. The van der Waals surface area contributed by atoms with Gasteiger partial charge in [-0.1, -0.05) is 30.7 Å². The van der Waals surface area contributed by atoms with Crippen molar-refractivity contribution in [1.82, 2.24) is 15.4 Å². The van der Waals surface area contributed by atoms with Gasteiger partial charge in [0.25, 0.3) is 5.91 Å².